The van der Waals surface area contributed by atoms with Gasteiger partial charge in [0.15, 0.2) is 0 Å². The molecule has 0 saturated carbocycles. The van der Waals surface area contributed by atoms with Gasteiger partial charge in [0.2, 0.25) is 11.6 Å². The van der Waals surface area contributed by atoms with Crippen LogP contribution in [0.25, 0.3) is 0 Å². The third kappa shape index (κ3) is 9.06. The Morgan fingerprint density at radius 3 is 2.14 bits per heavy atom. The number of aryl methyl sites for hydroxylation is 1. The second-order valence-corrected chi connectivity index (χ2v) is 17.4. The van der Waals surface area contributed by atoms with Gasteiger partial charge in [-0.3, -0.25) is 24.0 Å². The lowest BCUT2D eigenvalue weighted by atomic mass is 9.78. The topological polar surface area (TPSA) is 204 Å². The zero-order valence-electron chi connectivity index (χ0n) is 38.0. The largest absolute Gasteiger partial charge is 0.462 e. The Morgan fingerprint density at radius 2 is 1.52 bits per heavy atom. The molecule has 0 unspecified atom stereocenters. The molecule has 1 aliphatic carbocycles. The van der Waals surface area contributed by atoms with E-state index in [1.807, 2.05) is 6.92 Å². The molecule has 64 heavy (non-hydrogen) atoms. The van der Waals surface area contributed by atoms with E-state index in [1.165, 1.54) is 53.2 Å². The summed E-state index contributed by atoms with van der Waals surface area (Å²) in [5.41, 5.74) is -0.259. The van der Waals surface area contributed by atoms with Gasteiger partial charge in [-0.05, 0) is 51.8 Å². The molecule has 15 nitrogen and oxygen atoms in total. The molecule has 1 saturated heterocycles. The molecule has 3 N–H and O–H groups in total. The molecule has 9 atom stereocenters. The predicted octanol–water partition coefficient (Wildman–Crippen LogP) is 5.88. The van der Waals surface area contributed by atoms with Gasteiger partial charge in [0.25, 0.3) is 11.7 Å². The minimum Gasteiger partial charge on any atom is -0.462 e. The zero-order chi connectivity index (χ0) is 46.9. The minimum atomic E-state index is -2.13. The number of benzene rings is 2. The highest BCUT2D eigenvalue weighted by Crippen LogP contribution is 2.50. The number of aliphatic hydroxyl groups excluding tert-OH is 2. The quantitative estimate of drug-likeness (QED) is 0.237. The molecule has 342 valence electrons. The van der Waals surface area contributed by atoms with Crippen molar-refractivity contribution in [3.63, 3.8) is 0 Å². The summed E-state index contributed by atoms with van der Waals surface area (Å²) in [6.45, 7) is 15.1. The average Bonchev–Trinajstić information content (AvgIpc) is 3.89. The molecule has 2 aromatic rings. The molecule has 7 rings (SSSR count). The Kier molecular flexibility index (Phi) is 14.2. The molecule has 5 bridgehead atoms. The maximum Gasteiger partial charge on any atom is 0.343 e. The van der Waals surface area contributed by atoms with Gasteiger partial charge in [-0.1, -0.05) is 63.6 Å². The van der Waals surface area contributed by atoms with Crippen LogP contribution in [-0.2, 0) is 23.8 Å². The van der Waals surface area contributed by atoms with E-state index in [-0.39, 0.29) is 50.7 Å². The first kappa shape index (κ1) is 47.6. The van der Waals surface area contributed by atoms with E-state index in [9.17, 15) is 29.4 Å². The van der Waals surface area contributed by atoms with E-state index in [0.717, 1.165) is 5.56 Å². The van der Waals surface area contributed by atoms with Crippen molar-refractivity contribution < 1.29 is 62.7 Å². The number of hydrogen-bond donors (Lipinski definition) is 3. The number of ketones is 3. The number of nitrogens with one attached hydrogen (secondary N) is 1. The number of methoxy groups -OCH3 is 1. The molecule has 5 aliphatic rings. The molecule has 0 aromatic heterocycles. The summed E-state index contributed by atoms with van der Waals surface area (Å²) in [6, 6.07) is 6.53. The van der Waals surface area contributed by atoms with E-state index >= 15 is 9.59 Å². The number of ether oxygens (including phenoxy) is 5. The fourth-order valence-electron chi connectivity index (χ4n) is 8.87. The zero-order valence-corrected chi connectivity index (χ0v) is 38.0. The van der Waals surface area contributed by atoms with Crippen molar-refractivity contribution in [3.8, 4) is 11.5 Å². The number of amides is 1. The fraction of sp³-hybridized carbons (Fsp3) is 0.469. The Morgan fingerprint density at radius 1 is 0.859 bits per heavy atom. The maximum atomic E-state index is 15.1. The number of hydrogen-bond acceptors (Lipinski definition) is 14. The molecule has 15 heteroatoms. The van der Waals surface area contributed by atoms with Crippen LogP contribution in [0.4, 0.5) is 0 Å². The summed E-state index contributed by atoms with van der Waals surface area (Å²) >= 11 is 0. The number of likely N-dealkylation sites (tertiary alicyclic amines) is 1. The van der Waals surface area contributed by atoms with Gasteiger partial charge in [-0.15, -0.1) is 0 Å². The third-order valence-electron chi connectivity index (χ3n) is 12.8. The molecular weight excluding hydrogens is 825 g/mol. The highest BCUT2D eigenvalue weighted by Gasteiger charge is 2.53. The predicted molar refractivity (Wildman–Crippen MR) is 233 cm³/mol. The number of fused-ring (bicyclic) bond motifs is 14. The number of carbonyl (C=O) groups is 6. The van der Waals surface area contributed by atoms with Crippen LogP contribution in [0, 0.1) is 37.5 Å². The van der Waals surface area contributed by atoms with Crippen LogP contribution in [0.1, 0.15) is 114 Å². The number of esters is 2. The van der Waals surface area contributed by atoms with Crippen molar-refractivity contribution in [1.82, 2.24) is 10.2 Å². The Balaban J connectivity index is 1.55. The summed E-state index contributed by atoms with van der Waals surface area (Å²) in [6.07, 6.45) is 4.79. The van der Waals surface area contributed by atoms with Crippen LogP contribution in [0.15, 0.2) is 71.8 Å². The van der Waals surface area contributed by atoms with Crippen LogP contribution >= 0.6 is 0 Å². The lowest BCUT2D eigenvalue weighted by molar-refractivity contribution is -0.160. The number of carbonyl (C=O) groups excluding carboxylic acids is 6. The fourth-order valence-corrected chi connectivity index (χ4v) is 8.87. The molecule has 0 spiro atoms. The maximum absolute atomic E-state index is 15.1. The van der Waals surface area contributed by atoms with E-state index in [1.54, 1.807) is 69.0 Å². The van der Waals surface area contributed by atoms with Crippen molar-refractivity contribution in [3.05, 3.63) is 105 Å². The number of allylic oxidation sites excluding steroid dienone is 4. The normalized spacial score (nSPS) is 30.8. The van der Waals surface area contributed by atoms with Gasteiger partial charge in [0.1, 0.15) is 29.0 Å². The molecule has 0 radical (unpaired) electrons. The number of rotatable bonds is 5. The van der Waals surface area contributed by atoms with Crippen LogP contribution in [-0.4, -0.2) is 101 Å². The second kappa shape index (κ2) is 19.1. The monoisotopic (exact) mass is 882 g/mol. The van der Waals surface area contributed by atoms with Gasteiger partial charge in [-0.25, -0.2) is 4.79 Å². The summed E-state index contributed by atoms with van der Waals surface area (Å²) in [5, 5.41) is 25.7. The van der Waals surface area contributed by atoms with E-state index in [0.29, 0.717) is 25.9 Å². The lowest BCUT2D eigenvalue weighted by Gasteiger charge is -2.38. The van der Waals surface area contributed by atoms with Crippen molar-refractivity contribution in [2.24, 2.45) is 23.7 Å². The summed E-state index contributed by atoms with van der Waals surface area (Å²) in [7, 11) is 1.43. The third-order valence-corrected chi connectivity index (χ3v) is 12.8. The number of Topliss-reactive ketones (excluding diaryl/α,β-unsaturated/α-hetero) is 3. The first-order chi connectivity index (χ1) is 30.2. The van der Waals surface area contributed by atoms with Crippen molar-refractivity contribution >= 4 is 35.2 Å². The van der Waals surface area contributed by atoms with Crippen molar-refractivity contribution in [2.75, 3.05) is 20.2 Å². The van der Waals surface area contributed by atoms with E-state index in [4.69, 9.17) is 23.7 Å². The molecular formula is C49H58N2O13. The summed E-state index contributed by atoms with van der Waals surface area (Å²) < 4.78 is 29.9. The van der Waals surface area contributed by atoms with Gasteiger partial charge < -0.3 is 44.1 Å². The SMILES string of the molecule is CO[C@H]1/C=C\O[C@@]2(C)Oc3c(C)c(OC(=O)c4ccc(C)cc4)c4c(c3C2=O)C(=O)C(N2CCCC2)=C(NC(=O)/C(C)=C\C=C/[C@H](C)[C@H](O)[C@@H](C)[C@H](O)[C@H](C)[C@H](OC(C)=O)[C@@H]1C)C4=O. The molecule has 2 aromatic carbocycles. The van der Waals surface area contributed by atoms with Crippen LogP contribution in [0.2, 0.25) is 0 Å². The van der Waals surface area contributed by atoms with Gasteiger partial charge >= 0.3 is 17.7 Å². The molecule has 1 amide bonds. The van der Waals surface area contributed by atoms with Gasteiger partial charge in [0, 0.05) is 68.9 Å². The number of nitrogens with zero attached hydrogens (tertiary/aromatic N) is 1. The van der Waals surface area contributed by atoms with Crippen molar-refractivity contribution in [1.29, 1.82) is 0 Å². The molecule has 4 heterocycles. The Hall–Kier alpha value is -5.90. The highest BCUT2D eigenvalue weighted by atomic mass is 16.7. The smallest absolute Gasteiger partial charge is 0.343 e. The van der Waals surface area contributed by atoms with Crippen LogP contribution < -0.4 is 14.8 Å². The van der Waals surface area contributed by atoms with E-state index < -0.39 is 94.6 Å². The number of aliphatic hydroxyl groups is 2. The summed E-state index contributed by atoms with van der Waals surface area (Å²) in [5.74, 6) is -9.78. The second-order valence-electron chi connectivity index (χ2n) is 17.4. The molecule has 1 fully saturated rings. The van der Waals surface area contributed by atoms with Gasteiger partial charge in [0.05, 0.1) is 46.8 Å². The van der Waals surface area contributed by atoms with Crippen LogP contribution in [0.3, 0.4) is 0 Å². The molecule has 4 aliphatic heterocycles. The Bertz CT molecular complexity index is 2350. The van der Waals surface area contributed by atoms with Crippen molar-refractivity contribution in [2.45, 2.75) is 105 Å². The average molecular weight is 883 g/mol. The summed E-state index contributed by atoms with van der Waals surface area (Å²) in [4.78, 5) is 86.9. The lowest BCUT2D eigenvalue weighted by Crippen LogP contribution is -2.46. The van der Waals surface area contributed by atoms with Gasteiger partial charge in [-0.2, -0.15) is 0 Å². The first-order valence-corrected chi connectivity index (χ1v) is 21.6. The Labute approximate surface area is 373 Å². The highest BCUT2D eigenvalue weighted by molar-refractivity contribution is 6.32. The van der Waals surface area contributed by atoms with Crippen LogP contribution in [0.5, 0.6) is 11.5 Å². The minimum absolute atomic E-state index is 0.0488. The van der Waals surface area contributed by atoms with E-state index in [2.05, 4.69) is 5.32 Å². The first-order valence-electron chi connectivity index (χ1n) is 21.6. The standard InChI is InChI=1S/C49H58N2O13/c1-24-16-18-32(19-17-24)48(59)63-44-30(7)45-36-34-35(44)41(55)37(38(42(34)56)51-21-11-12-22-51)50-47(58)26(3)15-13-14-25(2)39(53)28(5)40(54)29(6)43(62-31(8)52)27(4)33(60-10)20-23-61-49(9,64-45)46(36)57/h13-20,23,25,27-29,33,39-40,43,53-54H,11-12,21-22H2,1-10H3,(H,50,58)/b14-13-,23-20-,26-15-/t25-,27+,28+,29-,33-,39-,40-,43+,49-/m0/s1.